The highest BCUT2D eigenvalue weighted by Crippen LogP contribution is 2.37. The van der Waals surface area contributed by atoms with Crippen molar-refractivity contribution in [3.63, 3.8) is 0 Å². The number of carbonyl (C=O) groups excluding carboxylic acids is 1. The first-order valence-electron chi connectivity index (χ1n) is 7.60. The van der Waals surface area contributed by atoms with E-state index in [2.05, 4.69) is 4.74 Å². The summed E-state index contributed by atoms with van der Waals surface area (Å²) in [5.74, 6) is -0.268. The van der Waals surface area contributed by atoms with Crippen molar-refractivity contribution < 1.29 is 22.7 Å². The second-order valence-electron chi connectivity index (χ2n) is 5.97. The fourth-order valence-corrected chi connectivity index (χ4v) is 3.51. The molecule has 1 atom stereocenters. The van der Waals surface area contributed by atoms with Crippen LogP contribution in [0.4, 0.5) is 13.2 Å². The zero-order valence-corrected chi connectivity index (χ0v) is 14.1. The predicted molar refractivity (Wildman–Crippen MR) is 87.4 cm³/mol. The van der Waals surface area contributed by atoms with Crippen molar-refractivity contribution in [3.8, 4) is 5.75 Å². The van der Waals surface area contributed by atoms with E-state index in [9.17, 15) is 18.0 Å². The number of aldehydes is 1. The van der Waals surface area contributed by atoms with Gasteiger partial charge in [0.25, 0.3) is 0 Å². The van der Waals surface area contributed by atoms with Gasteiger partial charge in [-0.15, -0.1) is 13.2 Å². The van der Waals surface area contributed by atoms with E-state index in [1.807, 2.05) is 24.0 Å². The molecule has 0 aromatic heterocycles. The van der Waals surface area contributed by atoms with Crippen LogP contribution in [0.15, 0.2) is 36.4 Å². The third kappa shape index (κ3) is 3.96. The van der Waals surface area contributed by atoms with Crippen molar-refractivity contribution in [1.29, 1.82) is 0 Å². The lowest BCUT2D eigenvalue weighted by molar-refractivity contribution is -0.274. The van der Waals surface area contributed by atoms with Crippen molar-refractivity contribution >= 4 is 17.9 Å². The molecule has 1 unspecified atom stereocenters. The number of halogens is 4. The molecule has 0 saturated carbocycles. The number of nitrogens with zero attached hydrogens (tertiary/aromatic N) is 1. The number of carbonyl (C=O) groups is 1. The maximum Gasteiger partial charge on any atom is 0.573 e. The third-order valence-electron chi connectivity index (χ3n) is 4.17. The van der Waals surface area contributed by atoms with Crippen LogP contribution in [0, 0.1) is 6.92 Å². The summed E-state index contributed by atoms with van der Waals surface area (Å²) >= 11 is 6.09. The summed E-state index contributed by atoms with van der Waals surface area (Å²) in [5.41, 5.74) is 3.70. The van der Waals surface area contributed by atoms with Crippen LogP contribution in [0.3, 0.4) is 0 Å². The number of hydrogen-bond acceptors (Lipinski definition) is 3. The van der Waals surface area contributed by atoms with Gasteiger partial charge in [0.05, 0.1) is 6.04 Å². The van der Waals surface area contributed by atoms with E-state index in [0.717, 1.165) is 28.5 Å². The van der Waals surface area contributed by atoms with Crippen LogP contribution in [-0.4, -0.2) is 17.5 Å². The quantitative estimate of drug-likeness (QED) is 0.725. The SMILES string of the molecule is Cc1cc(Cl)cc2c1C(C=O)N(Cc1ccc(OC(F)(F)F)cc1)C2. The van der Waals surface area contributed by atoms with Gasteiger partial charge in [-0.2, -0.15) is 0 Å². The van der Waals surface area contributed by atoms with Gasteiger partial charge >= 0.3 is 6.36 Å². The summed E-state index contributed by atoms with van der Waals surface area (Å²) in [4.78, 5) is 13.6. The van der Waals surface area contributed by atoms with Crippen LogP contribution in [-0.2, 0) is 17.9 Å². The van der Waals surface area contributed by atoms with E-state index < -0.39 is 12.4 Å². The van der Waals surface area contributed by atoms with Gasteiger partial charge < -0.3 is 9.53 Å². The normalized spacial score (nSPS) is 17.4. The Morgan fingerprint density at radius 3 is 2.56 bits per heavy atom. The minimum Gasteiger partial charge on any atom is -0.406 e. The van der Waals surface area contributed by atoms with Crippen LogP contribution < -0.4 is 4.74 Å². The zero-order chi connectivity index (χ0) is 18.2. The highest BCUT2D eigenvalue weighted by atomic mass is 35.5. The predicted octanol–water partition coefficient (Wildman–Crippen LogP) is 4.80. The van der Waals surface area contributed by atoms with Gasteiger partial charge in [0.15, 0.2) is 0 Å². The molecule has 0 bridgehead atoms. The lowest BCUT2D eigenvalue weighted by Crippen LogP contribution is -2.23. The van der Waals surface area contributed by atoms with Crippen molar-refractivity contribution in [3.05, 3.63) is 63.7 Å². The van der Waals surface area contributed by atoms with Gasteiger partial charge in [-0.1, -0.05) is 23.7 Å². The fraction of sp³-hybridized carbons (Fsp3) is 0.278. The first-order chi connectivity index (χ1) is 11.8. The minimum atomic E-state index is -4.71. The van der Waals surface area contributed by atoms with Crippen molar-refractivity contribution in [2.75, 3.05) is 0 Å². The number of aryl methyl sites for hydroxylation is 1. The molecule has 2 aromatic carbocycles. The Balaban J connectivity index is 1.77. The highest BCUT2D eigenvalue weighted by Gasteiger charge is 2.32. The summed E-state index contributed by atoms with van der Waals surface area (Å²) in [6.45, 7) is 2.90. The molecule has 0 aliphatic carbocycles. The average molecular weight is 370 g/mol. The molecule has 3 nitrogen and oxygen atoms in total. The van der Waals surface area contributed by atoms with Gasteiger partial charge in [0.1, 0.15) is 12.0 Å². The smallest absolute Gasteiger partial charge is 0.406 e. The van der Waals surface area contributed by atoms with E-state index in [0.29, 0.717) is 18.1 Å². The number of hydrogen-bond donors (Lipinski definition) is 0. The molecule has 7 heteroatoms. The minimum absolute atomic E-state index is 0.268. The number of alkyl halides is 3. The molecular formula is C18H15ClF3NO2. The molecular weight excluding hydrogens is 355 g/mol. The number of ether oxygens (including phenoxy) is 1. The van der Waals surface area contributed by atoms with Crippen LogP contribution in [0.1, 0.15) is 28.3 Å². The molecule has 2 aromatic rings. The molecule has 0 radical (unpaired) electrons. The zero-order valence-electron chi connectivity index (χ0n) is 13.3. The Kier molecular flexibility index (Phi) is 4.75. The Morgan fingerprint density at radius 1 is 1.28 bits per heavy atom. The summed E-state index contributed by atoms with van der Waals surface area (Å²) in [5, 5.41) is 0.622. The monoisotopic (exact) mass is 369 g/mol. The van der Waals surface area contributed by atoms with Crippen LogP contribution in [0.5, 0.6) is 5.75 Å². The second kappa shape index (κ2) is 6.69. The molecule has 0 spiro atoms. The maximum atomic E-state index is 12.2. The number of benzene rings is 2. The van der Waals surface area contributed by atoms with Gasteiger partial charge in [-0.3, -0.25) is 4.90 Å². The first kappa shape index (κ1) is 17.8. The standard InChI is InChI=1S/C18H15ClF3NO2/c1-11-6-14(19)7-13-9-23(16(10-24)17(11)13)8-12-2-4-15(5-3-12)25-18(20,21)22/h2-7,10,16H,8-9H2,1H3. The number of rotatable bonds is 4. The Morgan fingerprint density at radius 2 is 1.96 bits per heavy atom. The topological polar surface area (TPSA) is 29.5 Å². The van der Waals surface area contributed by atoms with Crippen LogP contribution in [0.25, 0.3) is 0 Å². The molecule has 1 aliphatic heterocycles. The summed E-state index contributed by atoms with van der Waals surface area (Å²) in [7, 11) is 0. The second-order valence-corrected chi connectivity index (χ2v) is 6.41. The van der Waals surface area contributed by atoms with Gasteiger partial charge in [-0.05, 0) is 53.4 Å². The Labute approximate surface area is 148 Å². The van der Waals surface area contributed by atoms with Gasteiger partial charge in [0.2, 0.25) is 0 Å². The van der Waals surface area contributed by atoms with Crippen LogP contribution >= 0.6 is 11.6 Å². The summed E-state index contributed by atoms with van der Waals surface area (Å²) in [6.07, 6.45) is -3.83. The highest BCUT2D eigenvalue weighted by molar-refractivity contribution is 6.30. The van der Waals surface area contributed by atoms with Gasteiger partial charge in [-0.25, -0.2) is 0 Å². The van der Waals surface area contributed by atoms with E-state index in [1.165, 1.54) is 12.1 Å². The molecule has 0 fully saturated rings. The van der Waals surface area contributed by atoms with E-state index in [4.69, 9.17) is 11.6 Å². The van der Waals surface area contributed by atoms with Crippen LogP contribution in [0.2, 0.25) is 5.02 Å². The van der Waals surface area contributed by atoms with E-state index >= 15 is 0 Å². The van der Waals surface area contributed by atoms with E-state index in [1.54, 1.807) is 12.1 Å². The lowest BCUT2D eigenvalue weighted by atomic mass is 10.00. The van der Waals surface area contributed by atoms with Crippen molar-refractivity contribution in [2.24, 2.45) is 0 Å². The largest absolute Gasteiger partial charge is 0.573 e. The molecule has 25 heavy (non-hydrogen) atoms. The van der Waals surface area contributed by atoms with Gasteiger partial charge in [0, 0.05) is 18.1 Å². The van der Waals surface area contributed by atoms with E-state index in [-0.39, 0.29) is 5.75 Å². The molecule has 0 saturated heterocycles. The average Bonchev–Trinajstić information content (AvgIpc) is 2.85. The molecule has 0 N–H and O–H groups in total. The molecule has 3 rings (SSSR count). The summed E-state index contributed by atoms with van der Waals surface area (Å²) in [6, 6.07) is 8.94. The summed E-state index contributed by atoms with van der Waals surface area (Å²) < 4.78 is 40.5. The molecule has 1 heterocycles. The fourth-order valence-electron chi connectivity index (χ4n) is 3.22. The van der Waals surface area contributed by atoms with Crippen molar-refractivity contribution in [2.45, 2.75) is 32.4 Å². The third-order valence-corrected chi connectivity index (χ3v) is 4.39. The molecule has 0 amide bonds. The lowest BCUT2D eigenvalue weighted by Gasteiger charge is -2.21. The number of fused-ring (bicyclic) bond motifs is 1. The molecule has 1 aliphatic rings. The first-order valence-corrected chi connectivity index (χ1v) is 7.97. The van der Waals surface area contributed by atoms with Crippen molar-refractivity contribution in [1.82, 2.24) is 4.90 Å². The molecule has 132 valence electrons. The maximum absolute atomic E-state index is 12.2. The Bertz CT molecular complexity index is 790. The Hall–Kier alpha value is -2.05.